The van der Waals surface area contributed by atoms with Gasteiger partial charge in [0, 0.05) is 0 Å². The van der Waals surface area contributed by atoms with E-state index in [1.54, 1.807) is 0 Å². The van der Waals surface area contributed by atoms with Crippen molar-refractivity contribution in [3.63, 3.8) is 0 Å². The molecular formula is C16H26. The highest BCUT2D eigenvalue weighted by Gasteiger charge is 2.20. The molecule has 0 nitrogen and oxygen atoms in total. The van der Waals surface area contributed by atoms with Gasteiger partial charge in [0.05, 0.1) is 0 Å². The van der Waals surface area contributed by atoms with Gasteiger partial charge in [0.1, 0.15) is 0 Å². The summed E-state index contributed by atoms with van der Waals surface area (Å²) in [6, 6.07) is 9.17. The van der Waals surface area contributed by atoms with E-state index in [2.05, 4.69) is 65.8 Å². The van der Waals surface area contributed by atoms with E-state index in [4.69, 9.17) is 0 Å². The van der Waals surface area contributed by atoms with Crippen molar-refractivity contribution >= 4 is 0 Å². The standard InChI is InChI=1S/C16H26/c1-7-12-16(5,6)14-10-8-13(9-11-14)15(2,3)4/h8-11H,7,12H2,1-6H3. The Morgan fingerprint density at radius 2 is 1.25 bits per heavy atom. The molecule has 0 aliphatic rings. The van der Waals surface area contributed by atoms with Crippen molar-refractivity contribution in [1.82, 2.24) is 0 Å². The predicted octanol–water partition coefficient (Wildman–Crippen LogP) is 5.06. The lowest BCUT2D eigenvalue weighted by Crippen LogP contribution is -2.17. The van der Waals surface area contributed by atoms with Crippen LogP contribution < -0.4 is 0 Å². The van der Waals surface area contributed by atoms with Crippen LogP contribution in [0.3, 0.4) is 0 Å². The largest absolute Gasteiger partial charge is 0.0654 e. The van der Waals surface area contributed by atoms with Crippen LogP contribution in [0.2, 0.25) is 0 Å². The third-order valence-corrected chi connectivity index (χ3v) is 3.41. The Kier molecular flexibility index (Phi) is 3.83. The maximum atomic E-state index is 2.34. The van der Waals surface area contributed by atoms with Crippen LogP contribution in [-0.2, 0) is 10.8 Å². The SMILES string of the molecule is CCCC(C)(C)c1ccc(C(C)(C)C)cc1. The zero-order valence-corrected chi connectivity index (χ0v) is 11.7. The van der Waals surface area contributed by atoms with Gasteiger partial charge < -0.3 is 0 Å². The predicted molar refractivity (Wildman–Crippen MR) is 73.1 cm³/mol. The molecule has 90 valence electrons. The van der Waals surface area contributed by atoms with Gasteiger partial charge in [0.2, 0.25) is 0 Å². The Bertz CT molecular complexity index is 322. The van der Waals surface area contributed by atoms with E-state index >= 15 is 0 Å². The Hall–Kier alpha value is -0.780. The van der Waals surface area contributed by atoms with E-state index < -0.39 is 0 Å². The number of benzene rings is 1. The molecule has 0 bridgehead atoms. The average molecular weight is 218 g/mol. The minimum atomic E-state index is 0.257. The normalized spacial score (nSPS) is 12.9. The molecule has 1 rings (SSSR count). The number of hydrogen-bond donors (Lipinski definition) is 0. The fourth-order valence-corrected chi connectivity index (χ4v) is 2.19. The molecule has 0 heteroatoms. The van der Waals surface area contributed by atoms with Crippen molar-refractivity contribution in [2.45, 2.75) is 65.2 Å². The van der Waals surface area contributed by atoms with Crippen molar-refractivity contribution in [3.05, 3.63) is 35.4 Å². The third-order valence-electron chi connectivity index (χ3n) is 3.41. The van der Waals surface area contributed by atoms with Crippen molar-refractivity contribution in [3.8, 4) is 0 Å². The number of hydrogen-bond acceptors (Lipinski definition) is 0. The average Bonchev–Trinajstić information content (AvgIpc) is 2.16. The van der Waals surface area contributed by atoms with E-state index in [-0.39, 0.29) is 5.41 Å². The summed E-state index contributed by atoms with van der Waals surface area (Å²) in [6.07, 6.45) is 2.50. The summed E-state index contributed by atoms with van der Waals surface area (Å²) in [5, 5.41) is 0. The minimum absolute atomic E-state index is 0.257. The van der Waals surface area contributed by atoms with Crippen molar-refractivity contribution in [2.24, 2.45) is 0 Å². The van der Waals surface area contributed by atoms with Crippen molar-refractivity contribution in [2.75, 3.05) is 0 Å². The van der Waals surface area contributed by atoms with Crippen LogP contribution in [0.1, 0.15) is 65.5 Å². The second kappa shape index (κ2) is 4.61. The molecule has 0 aliphatic heterocycles. The fourth-order valence-electron chi connectivity index (χ4n) is 2.19. The van der Waals surface area contributed by atoms with Crippen LogP contribution in [-0.4, -0.2) is 0 Å². The maximum Gasteiger partial charge on any atom is -0.0104 e. The molecule has 0 aromatic heterocycles. The molecule has 0 N–H and O–H groups in total. The first-order valence-corrected chi connectivity index (χ1v) is 6.38. The van der Waals surface area contributed by atoms with Gasteiger partial charge in [-0.3, -0.25) is 0 Å². The van der Waals surface area contributed by atoms with Gasteiger partial charge in [-0.05, 0) is 28.4 Å². The van der Waals surface area contributed by atoms with Gasteiger partial charge in [0.25, 0.3) is 0 Å². The lowest BCUT2D eigenvalue weighted by molar-refractivity contribution is 0.472. The maximum absolute atomic E-state index is 2.34. The third kappa shape index (κ3) is 3.10. The fraction of sp³-hybridized carbons (Fsp3) is 0.625. The zero-order chi connectivity index (χ0) is 12.4. The molecule has 0 fully saturated rings. The van der Waals surface area contributed by atoms with Crippen LogP contribution in [0, 0.1) is 0 Å². The summed E-state index contributed by atoms with van der Waals surface area (Å²) < 4.78 is 0. The van der Waals surface area contributed by atoms with Crippen LogP contribution >= 0.6 is 0 Å². The van der Waals surface area contributed by atoms with Crippen LogP contribution in [0.4, 0.5) is 0 Å². The van der Waals surface area contributed by atoms with Crippen LogP contribution in [0.15, 0.2) is 24.3 Å². The molecular weight excluding hydrogens is 192 g/mol. The van der Waals surface area contributed by atoms with Crippen LogP contribution in [0.25, 0.3) is 0 Å². The lowest BCUT2D eigenvalue weighted by Gasteiger charge is -2.26. The molecule has 0 aliphatic carbocycles. The molecule has 1 aromatic carbocycles. The quantitative estimate of drug-likeness (QED) is 0.665. The second-order valence-electron chi connectivity index (χ2n) is 6.46. The second-order valence-corrected chi connectivity index (χ2v) is 6.46. The molecule has 1 aromatic rings. The van der Waals surface area contributed by atoms with E-state index in [0.29, 0.717) is 5.41 Å². The van der Waals surface area contributed by atoms with Crippen molar-refractivity contribution in [1.29, 1.82) is 0 Å². The molecule has 0 unspecified atom stereocenters. The summed E-state index contributed by atoms with van der Waals surface area (Å²) in [5.74, 6) is 0. The van der Waals surface area contributed by atoms with Gasteiger partial charge >= 0.3 is 0 Å². The van der Waals surface area contributed by atoms with Gasteiger partial charge in [0.15, 0.2) is 0 Å². The highest BCUT2D eigenvalue weighted by Crippen LogP contribution is 2.30. The molecule has 16 heavy (non-hydrogen) atoms. The minimum Gasteiger partial charge on any atom is -0.0654 e. The molecule has 0 heterocycles. The summed E-state index contributed by atoms with van der Waals surface area (Å²) >= 11 is 0. The molecule has 0 spiro atoms. The van der Waals surface area contributed by atoms with Gasteiger partial charge in [-0.2, -0.15) is 0 Å². The zero-order valence-electron chi connectivity index (χ0n) is 11.7. The Morgan fingerprint density at radius 3 is 1.62 bits per heavy atom. The first-order chi connectivity index (χ1) is 7.27. The topological polar surface area (TPSA) is 0 Å². The Balaban J connectivity index is 2.95. The molecule has 0 saturated carbocycles. The van der Waals surface area contributed by atoms with Crippen LogP contribution in [0.5, 0.6) is 0 Å². The van der Waals surface area contributed by atoms with E-state index in [9.17, 15) is 0 Å². The summed E-state index contributed by atoms with van der Waals surface area (Å²) in [4.78, 5) is 0. The lowest BCUT2D eigenvalue weighted by atomic mass is 9.79. The molecule has 0 radical (unpaired) electrons. The van der Waals surface area contributed by atoms with Crippen molar-refractivity contribution < 1.29 is 0 Å². The summed E-state index contributed by atoms with van der Waals surface area (Å²) in [7, 11) is 0. The Labute approximate surface area is 101 Å². The first-order valence-electron chi connectivity index (χ1n) is 6.38. The van der Waals surface area contributed by atoms with E-state index in [1.165, 1.54) is 24.0 Å². The first kappa shape index (κ1) is 13.3. The van der Waals surface area contributed by atoms with E-state index in [1.807, 2.05) is 0 Å². The molecule has 0 saturated heterocycles. The van der Waals surface area contributed by atoms with E-state index in [0.717, 1.165) is 0 Å². The monoisotopic (exact) mass is 218 g/mol. The van der Waals surface area contributed by atoms with Gasteiger partial charge in [-0.25, -0.2) is 0 Å². The molecule has 0 amide bonds. The summed E-state index contributed by atoms with van der Waals surface area (Å²) in [5.41, 5.74) is 3.45. The highest BCUT2D eigenvalue weighted by molar-refractivity contribution is 5.31. The van der Waals surface area contributed by atoms with Gasteiger partial charge in [-0.1, -0.05) is 72.2 Å². The smallest absolute Gasteiger partial charge is 0.0104 e. The van der Waals surface area contributed by atoms with Gasteiger partial charge in [-0.15, -0.1) is 0 Å². The Morgan fingerprint density at radius 1 is 0.812 bits per heavy atom. The number of rotatable bonds is 3. The highest BCUT2D eigenvalue weighted by atomic mass is 14.2. The summed E-state index contributed by atoms with van der Waals surface area (Å²) in [6.45, 7) is 13.7. The molecule has 0 atom stereocenters.